The van der Waals surface area contributed by atoms with Crippen molar-refractivity contribution in [1.29, 1.82) is 0 Å². The standard InChI is InChI=1S/C22H28N2O4/c1-16-11-19(27-5)12-17(2)22(16)23-20(25)13-24(3,4)14-21(26)28-15-18-9-7-6-8-10-18/h6-12H,13-15H2,1-5H3/p+1. The lowest BCUT2D eigenvalue weighted by atomic mass is 10.1. The molecule has 6 nitrogen and oxygen atoms in total. The topological polar surface area (TPSA) is 64.6 Å². The Kier molecular flexibility index (Phi) is 7.18. The molecule has 0 saturated carbocycles. The first-order valence-corrected chi connectivity index (χ1v) is 9.17. The minimum atomic E-state index is -0.335. The maximum Gasteiger partial charge on any atom is 0.362 e. The fourth-order valence-corrected chi connectivity index (χ4v) is 3.00. The highest BCUT2D eigenvalue weighted by atomic mass is 16.5. The molecule has 0 atom stereocenters. The number of likely N-dealkylation sites (N-methyl/N-ethyl adjacent to an activating group) is 1. The van der Waals surface area contributed by atoms with Crippen LogP contribution >= 0.6 is 0 Å². The largest absolute Gasteiger partial charge is 0.497 e. The number of rotatable bonds is 8. The van der Waals surface area contributed by atoms with Crippen LogP contribution in [0, 0.1) is 13.8 Å². The van der Waals surface area contributed by atoms with Crippen LogP contribution in [0.15, 0.2) is 42.5 Å². The molecule has 0 aliphatic heterocycles. The van der Waals surface area contributed by atoms with Crippen molar-refractivity contribution in [1.82, 2.24) is 0 Å². The number of ether oxygens (including phenoxy) is 2. The molecule has 0 saturated heterocycles. The summed E-state index contributed by atoms with van der Waals surface area (Å²) in [6.45, 7) is 4.35. The van der Waals surface area contributed by atoms with Crippen LogP contribution in [0.2, 0.25) is 0 Å². The number of nitrogens with zero attached hydrogens (tertiary/aromatic N) is 1. The monoisotopic (exact) mass is 385 g/mol. The van der Waals surface area contributed by atoms with Crippen molar-refractivity contribution in [3.63, 3.8) is 0 Å². The van der Waals surface area contributed by atoms with Gasteiger partial charge in [0.05, 0.1) is 21.2 Å². The second-order valence-electron chi connectivity index (χ2n) is 7.58. The van der Waals surface area contributed by atoms with Gasteiger partial charge >= 0.3 is 5.97 Å². The SMILES string of the molecule is COc1cc(C)c(NC(=O)C[N+](C)(C)CC(=O)OCc2ccccc2)c(C)c1. The number of hydrogen-bond donors (Lipinski definition) is 1. The minimum Gasteiger partial charge on any atom is -0.497 e. The lowest BCUT2D eigenvalue weighted by molar-refractivity contribution is -0.874. The molecule has 1 amide bonds. The number of nitrogens with one attached hydrogen (secondary N) is 1. The Bertz CT molecular complexity index is 809. The van der Waals surface area contributed by atoms with Gasteiger partial charge in [0, 0.05) is 5.69 Å². The zero-order valence-corrected chi connectivity index (χ0v) is 17.2. The van der Waals surface area contributed by atoms with Crippen LogP contribution in [0.5, 0.6) is 5.75 Å². The first-order chi connectivity index (χ1) is 13.2. The van der Waals surface area contributed by atoms with Gasteiger partial charge in [-0.3, -0.25) is 4.79 Å². The molecule has 2 rings (SSSR count). The van der Waals surface area contributed by atoms with E-state index in [1.165, 1.54) is 0 Å². The summed E-state index contributed by atoms with van der Waals surface area (Å²) < 4.78 is 10.8. The van der Waals surface area contributed by atoms with Gasteiger partial charge in [-0.15, -0.1) is 0 Å². The lowest BCUT2D eigenvalue weighted by Crippen LogP contribution is -2.49. The van der Waals surface area contributed by atoms with Crippen LogP contribution in [0.4, 0.5) is 5.69 Å². The van der Waals surface area contributed by atoms with Crippen LogP contribution in [0.1, 0.15) is 16.7 Å². The quantitative estimate of drug-likeness (QED) is 0.560. The molecule has 0 radical (unpaired) electrons. The van der Waals surface area contributed by atoms with Crippen molar-refractivity contribution >= 4 is 17.6 Å². The molecule has 2 aromatic rings. The van der Waals surface area contributed by atoms with Crippen LogP contribution < -0.4 is 10.1 Å². The second-order valence-corrected chi connectivity index (χ2v) is 7.58. The summed E-state index contributed by atoms with van der Waals surface area (Å²) >= 11 is 0. The van der Waals surface area contributed by atoms with Gasteiger partial charge in [0.15, 0.2) is 13.1 Å². The van der Waals surface area contributed by atoms with E-state index in [2.05, 4.69) is 5.32 Å². The number of carbonyl (C=O) groups excluding carboxylic acids is 2. The highest BCUT2D eigenvalue weighted by molar-refractivity contribution is 5.93. The molecule has 28 heavy (non-hydrogen) atoms. The zero-order valence-electron chi connectivity index (χ0n) is 17.2. The first-order valence-electron chi connectivity index (χ1n) is 9.17. The van der Waals surface area contributed by atoms with Crippen molar-refractivity contribution in [2.45, 2.75) is 20.5 Å². The normalized spacial score (nSPS) is 11.0. The number of amides is 1. The third kappa shape index (κ3) is 6.39. The molecule has 150 valence electrons. The fourth-order valence-electron chi connectivity index (χ4n) is 3.00. The van der Waals surface area contributed by atoms with Crippen molar-refractivity contribution in [3.05, 3.63) is 59.2 Å². The van der Waals surface area contributed by atoms with Gasteiger partial charge in [-0.05, 0) is 42.7 Å². The smallest absolute Gasteiger partial charge is 0.362 e. The van der Waals surface area contributed by atoms with Crippen LogP contribution in [0.25, 0.3) is 0 Å². The van der Waals surface area contributed by atoms with Gasteiger partial charge in [0.2, 0.25) is 0 Å². The van der Waals surface area contributed by atoms with Gasteiger partial charge in [0.1, 0.15) is 12.4 Å². The van der Waals surface area contributed by atoms with Gasteiger partial charge < -0.3 is 19.3 Å². The van der Waals surface area contributed by atoms with E-state index < -0.39 is 0 Å². The van der Waals surface area contributed by atoms with E-state index in [1.54, 1.807) is 7.11 Å². The fraction of sp³-hybridized carbons (Fsp3) is 0.364. The molecule has 6 heteroatoms. The third-order valence-electron chi connectivity index (χ3n) is 4.38. The van der Waals surface area contributed by atoms with Gasteiger partial charge in [0.25, 0.3) is 5.91 Å². The average Bonchev–Trinajstić information content (AvgIpc) is 2.62. The van der Waals surface area contributed by atoms with Gasteiger partial charge in [-0.25, -0.2) is 4.79 Å². The molecule has 2 aromatic carbocycles. The number of aryl methyl sites for hydroxylation is 2. The molecule has 0 aliphatic carbocycles. The van der Waals surface area contributed by atoms with Gasteiger partial charge in [-0.2, -0.15) is 0 Å². The van der Waals surface area contributed by atoms with Crippen molar-refractivity contribution in [2.75, 3.05) is 39.6 Å². The van der Waals surface area contributed by atoms with E-state index in [-0.39, 0.29) is 36.1 Å². The predicted molar refractivity (Wildman–Crippen MR) is 109 cm³/mol. The van der Waals surface area contributed by atoms with E-state index in [1.807, 2.05) is 70.4 Å². The number of carbonyl (C=O) groups is 2. The minimum absolute atomic E-state index is 0.112. The molecule has 0 unspecified atom stereocenters. The van der Waals surface area contributed by atoms with Crippen molar-refractivity contribution < 1.29 is 23.5 Å². The average molecular weight is 385 g/mol. The Morgan fingerprint density at radius 2 is 1.61 bits per heavy atom. The Labute approximate surface area is 166 Å². The van der Waals surface area contributed by atoms with E-state index in [0.717, 1.165) is 28.1 Å². The van der Waals surface area contributed by atoms with Crippen LogP contribution in [0.3, 0.4) is 0 Å². The summed E-state index contributed by atoms with van der Waals surface area (Å²) in [5.41, 5.74) is 3.57. The van der Waals surface area contributed by atoms with Crippen LogP contribution in [-0.4, -0.2) is 50.7 Å². The summed E-state index contributed by atoms with van der Waals surface area (Å²) in [5, 5.41) is 2.95. The number of quaternary nitrogens is 1. The summed E-state index contributed by atoms with van der Waals surface area (Å²) in [5.74, 6) is 0.265. The molecule has 0 fully saturated rings. The number of benzene rings is 2. The summed E-state index contributed by atoms with van der Waals surface area (Å²) in [6.07, 6.45) is 0. The Morgan fingerprint density at radius 1 is 1.00 bits per heavy atom. The van der Waals surface area contributed by atoms with Gasteiger partial charge in [-0.1, -0.05) is 30.3 Å². The first kappa shape index (κ1) is 21.4. The zero-order chi connectivity index (χ0) is 20.7. The molecular weight excluding hydrogens is 356 g/mol. The number of hydrogen-bond acceptors (Lipinski definition) is 4. The molecule has 1 N–H and O–H groups in total. The predicted octanol–water partition coefficient (Wildman–Crippen LogP) is 3.07. The third-order valence-corrected chi connectivity index (χ3v) is 4.38. The molecule has 0 spiro atoms. The second kappa shape index (κ2) is 9.37. The van der Waals surface area contributed by atoms with E-state index in [0.29, 0.717) is 0 Å². The highest BCUT2D eigenvalue weighted by Crippen LogP contribution is 2.26. The lowest BCUT2D eigenvalue weighted by Gasteiger charge is -2.28. The number of anilines is 1. The summed E-state index contributed by atoms with van der Waals surface area (Å²) in [6, 6.07) is 13.3. The molecular formula is C22H29N2O4+. The molecule has 0 bridgehead atoms. The maximum atomic E-state index is 12.5. The summed E-state index contributed by atoms with van der Waals surface area (Å²) in [4.78, 5) is 24.7. The molecule has 0 heterocycles. The van der Waals surface area contributed by atoms with Crippen LogP contribution in [-0.2, 0) is 20.9 Å². The number of esters is 1. The molecule has 0 aromatic heterocycles. The maximum absolute atomic E-state index is 12.5. The summed E-state index contributed by atoms with van der Waals surface area (Å²) in [7, 11) is 5.28. The van der Waals surface area contributed by atoms with Crippen molar-refractivity contribution in [2.24, 2.45) is 0 Å². The van der Waals surface area contributed by atoms with E-state index >= 15 is 0 Å². The molecule has 0 aliphatic rings. The number of methoxy groups -OCH3 is 1. The Morgan fingerprint density at radius 3 is 2.18 bits per heavy atom. The Balaban J connectivity index is 1.90. The van der Waals surface area contributed by atoms with E-state index in [9.17, 15) is 9.59 Å². The van der Waals surface area contributed by atoms with Crippen molar-refractivity contribution in [3.8, 4) is 5.75 Å². The Hall–Kier alpha value is -2.86. The highest BCUT2D eigenvalue weighted by Gasteiger charge is 2.25. The van der Waals surface area contributed by atoms with E-state index in [4.69, 9.17) is 9.47 Å².